The van der Waals surface area contributed by atoms with Gasteiger partial charge in [0.1, 0.15) is 48.0 Å². The number of carbonyl (C=O) groups excluding carboxylic acids is 10. The molecule has 0 unspecified atom stereocenters. The summed E-state index contributed by atoms with van der Waals surface area (Å²) in [5, 5.41) is 27.5. The van der Waals surface area contributed by atoms with E-state index in [-0.39, 0.29) is 76.3 Å². The zero-order valence-corrected chi connectivity index (χ0v) is 43.1. The number of phenols is 1. The van der Waals surface area contributed by atoms with Crippen LogP contribution in [0.4, 0.5) is 0 Å². The largest absolute Gasteiger partial charge is 0.508 e. The van der Waals surface area contributed by atoms with E-state index < -0.39 is 126 Å². The highest BCUT2D eigenvalue weighted by Crippen LogP contribution is 2.13. The first-order valence-corrected chi connectivity index (χ1v) is 25.1. The third kappa shape index (κ3) is 27.1. The summed E-state index contributed by atoms with van der Waals surface area (Å²) in [7, 11) is 0. The Morgan fingerprint density at radius 2 is 0.893 bits per heavy atom. The molecule has 0 aliphatic carbocycles. The van der Waals surface area contributed by atoms with Crippen molar-refractivity contribution in [3.05, 3.63) is 29.8 Å². The molecule has 0 aliphatic rings. The number of primary amides is 3. The molecule has 0 heterocycles. The molecule has 0 aromatic heterocycles. The molecule has 1 aromatic carbocycles. The van der Waals surface area contributed by atoms with Crippen LogP contribution in [0.5, 0.6) is 5.75 Å². The molecule has 0 fully saturated rings. The van der Waals surface area contributed by atoms with Crippen LogP contribution in [0.1, 0.15) is 109 Å². The molecule has 0 bridgehead atoms. The highest BCUT2D eigenvalue weighted by atomic mass is 16.3. The van der Waals surface area contributed by atoms with Gasteiger partial charge in [-0.2, -0.15) is 0 Å². The minimum Gasteiger partial charge on any atom is -0.508 e. The van der Waals surface area contributed by atoms with Crippen LogP contribution in [0.25, 0.3) is 0 Å². The zero-order chi connectivity index (χ0) is 56.6. The fourth-order valence-electron chi connectivity index (χ4n) is 7.44. The molecular weight excluding hydrogens is 979 g/mol. The summed E-state index contributed by atoms with van der Waals surface area (Å²) in [5.74, 6) is -9.65. The first kappa shape index (κ1) is 65.8. The van der Waals surface area contributed by atoms with Gasteiger partial charge in [0, 0.05) is 13.0 Å². The van der Waals surface area contributed by atoms with Crippen molar-refractivity contribution in [3.8, 4) is 5.75 Å². The maximum atomic E-state index is 14.2. The van der Waals surface area contributed by atoms with Crippen LogP contribution in [-0.2, 0) is 54.4 Å². The second kappa shape index (κ2) is 35.9. The van der Waals surface area contributed by atoms with E-state index >= 15 is 0 Å². The number of nitrogens with zero attached hydrogens (tertiary/aromatic N) is 1. The molecule has 1 rings (SSSR count). The fourth-order valence-corrected chi connectivity index (χ4v) is 7.44. The standard InChI is InChI=1S/C47H83N17O11/c1-26(2)38(46(75)62-32(12-5-8-22-50)42(71)63-35(25-37(53)67)45(74)58-30(39(54)68)10-3-6-20-48)64-44(73)33(13-9-23-57-47(55)56)60-43(72)34(18-19-36(52)66)61-41(70)31(11-4-7-21-49)59-40(69)29(51)24-27-14-16-28(65)17-15-27/h14-17,26,29-35,38,65H,3-13,18-25,48-51H2,1-2H3,(H2,52,66)(H2,53,67)(H2,54,68)(H,58,74)(H,59,69)(H,60,72)(H,61,70)(H,62,75)(H,63,71)(H,64,73)(H4,55,56,57)/t29-,30-,31-,32-,33-,34-,35-,38-/m0/s1. The van der Waals surface area contributed by atoms with Crippen molar-refractivity contribution in [1.29, 1.82) is 0 Å². The summed E-state index contributed by atoms with van der Waals surface area (Å²) in [6, 6.07) is -4.78. The number of hydrogen-bond acceptors (Lipinski definition) is 16. The van der Waals surface area contributed by atoms with E-state index in [0.29, 0.717) is 50.6 Å². The van der Waals surface area contributed by atoms with Crippen molar-refractivity contribution >= 4 is 65.0 Å². The lowest BCUT2D eigenvalue weighted by Gasteiger charge is -2.29. The number of rotatable bonds is 39. The van der Waals surface area contributed by atoms with Gasteiger partial charge in [0.15, 0.2) is 5.96 Å². The van der Waals surface area contributed by atoms with Gasteiger partial charge in [0.25, 0.3) is 0 Å². The minimum absolute atomic E-state index is 0.00279. The smallest absolute Gasteiger partial charge is 0.243 e. The van der Waals surface area contributed by atoms with E-state index in [0.717, 1.165) is 0 Å². The predicted molar refractivity (Wildman–Crippen MR) is 278 cm³/mol. The van der Waals surface area contributed by atoms with E-state index in [1.54, 1.807) is 26.0 Å². The Labute approximate surface area is 437 Å². The van der Waals surface area contributed by atoms with Crippen LogP contribution < -0.4 is 88.8 Å². The number of guanidine groups is 1. The van der Waals surface area contributed by atoms with Gasteiger partial charge in [-0.25, -0.2) is 0 Å². The molecular formula is C47H83N17O11. The maximum Gasteiger partial charge on any atom is 0.243 e. The number of phenolic OH excluding ortho intramolecular Hbond substituents is 1. The molecule has 422 valence electrons. The number of nitrogens with two attached hydrogens (primary N) is 9. The SMILES string of the molecule is CC(C)[C@H](NC(=O)[C@H](CCCN=C(N)N)NC(=O)[C@H](CCC(N)=O)NC(=O)[C@H](CCCCN)NC(=O)[C@@H](N)Cc1ccc(O)cc1)C(=O)N[C@@H](CCCCN)C(=O)N[C@@H](CC(N)=O)C(=O)N[C@@H](CCCCN)C(N)=O. The van der Waals surface area contributed by atoms with Crippen LogP contribution in [0, 0.1) is 5.92 Å². The van der Waals surface area contributed by atoms with E-state index in [1.165, 1.54) is 12.1 Å². The third-order valence-electron chi connectivity index (χ3n) is 11.7. The number of unbranched alkanes of at least 4 members (excludes halogenated alkanes) is 3. The topological polar surface area (TPSA) is 522 Å². The summed E-state index contributed by atoms with van der Waals surface area (Å²) in [6.07, 6.45) is 1.32. The van der Waals surface area contributed by atoms with Crippen LogP contribution in [0.2, 0.25) is 0 Å². The number of aliphatic imine (C=N–C) groups is 1. The lowest BCUT2D eigenvalue weighted by Crippen LogP contribution is -2.61. The van der Waals surface area contributed by atoms with E-state index in [9.17, 15) is 53.1 Å². The number of nitrogens with one attached hydrogen (secondary N) is 7. The molecule has 0 aliphatic heterocycles. The summed E-state index contributed by atoms with van der Waals surface area (Å²) in [5.41, 5.74) is 51.1. The molecule has 0 saturated heterocycles. The van der Waals surface area contributed by atoms with Crippen LogP contribution >= 0.6 is 0 Å². The first-order valence-electron chi connectivity index (χ1n) is 25.1. The monoisotopic (exact) mass is 1060 g/mol. The molecule has 0 radical (unpaired) electrons. The number of aromatic hydroxyl groups is 1. The van der Waals surface area contributed by atoms with Crippen molar-refractivity contribution in [3.63, 3.8) is 0 Å². The lowest BCUT2D eigenvalue weighted by molar-refractivity contribution is -0.136. The molecule has 0 saturated carbocycles. The summed E-state index contributed by atoms with van der Waals surface area (Å²) in [6.45, 7) is 4.01. The molecule has 75 heavy (non-hydrogen) atoms. The summed E-state index contributed by atoms with van der Waals surface area (Å²) >= 11 is 0. The Morgan fingerprint density at radius 3 is 1.33 bits per heavy atom. The Kier molecular flexibility index (Phi) is 31.5. The molecule has 10 amide bonds. The Bertz CT molecular complexity index is 2060. The van der Waals surface area contributed by atoms with Crippen molar-refractivity contribution in [2.45, 2.75) is 158 Å². The van der Waals surface area contributed by atoms with Gasteiger partial charge in [-0.1, -0.05) is 26.0 Å². The first-order chi connectivity index (χ1) is 35.4. The van der Waals surface area contributed by atoms with Crippen LogP contribution in [0.15, 0.2) is 29.3 Å². The quantitative estimate of drug-likeness (QED) is 0.0166. The fraction of sp³-hybridized carbons (Fsp3) is 0.638. The number of carbonyl (C=O) groups is 10. The van der Waals surface area contributed by atoms with Crippen LogP contribution in [0.3, 0.4) is 0 Å². The van der Waals surface area contributed by atoms with Gasteiger partial charge in [-0.15, -0.1) is 0 Å². The maximum absolute atomic E-state index is 14.2. The van der Waals surface area contributed by atoms with Crippen molar-refractivity contribution < 1.29 is 53.1 Å². The van der Waals surface area contributed by atoms with E-state index in [4.69, 9.17) is 51.6 Å². The average Bonchev–Trinajstić information content (AvgIpc) is 3.34. The molecule has 0 spiro atoms. The van der Waals surface area contributed by atoms with Crippen molar-refractivity contribution in [2.24, 2.45) is 62.5 Å². The van der Waals surface area contributed by atoms with E-state index in [2.05, 4.69) is 42.2 Å². The van der Waals surface area contributed by atoms with Gasteiger partial charge in [0.05, 0.1) is 12.5 Å². The molecule has 28 heteroatoms. The second-order valence-corrected chi connectivity index (χ2v) is 18.5. The van der Waals surface area contributed by atoms with Gasteiger partial charge in [-0.3, -0.25) is 52.9 Å². The Hall–Kier alpha value is -7.17. The molecule has 1 aromatic rings. The van der Waals surface area contributed by atoms with Gasteiger partial charge in [-0.05, 0) is 127 Å². The number of amides is 10. The molecule has 26 N–H and O–H groups in total. The van der Waals surface area contributed by atoms with Gasteiger partial charge < -0.3 is 93.9 Å². The highest BCUT2D eigenvalue weighted by molar-refractivity contribution is 5.98. The normalized spacial score (nSPS) is 14.2. The van der Waals surface area contributed by atoms with Crippen molar-refractivity contribution in [1.82, 2.24) is 37.2 Å². The van der Waals surface area contributed by atoms with Gasteiger partial charge >= 0.3 is 0 Å². The second-order valence-electron chi connectivity index (χ2n) is 18.5. The van der Waals surface area contributed by atoms with Crippen LogP contribution in [-0.4, -0.2) is 145 Å². The summed E-state index contributed by atoms with van der Waals surface area (Å²) in [4.78, 5) is 137. The third-order valence-corrected chi connectivity index (χ3v) is 11.7. The minimum atomic E-state index is -1.60. The molecule has 8 atom stereocenters. The Morgan fingerprint density at radius 1 is 0.493 bits per heavy atom. The number of hydrogen-bond donors (Lipinski definition) is 17. The van der Waals surface area contributed by atoms with Gasteiger partial charge in [0.2, 0.25) is 59.1 Å². The molecule has 28 nitrogen and oxygen atoms in total. The predicted octanol–water partition coefficient (Wildman–Crippen LogP) is -5.62. The Balaban J connectivity index is 3.50. The zero-order valence-electron chi connectivity index (χ0n) is 43.1. The number of benzene rings is 1. The average molecular weight is 1060 g/mol. The highest BCUT2D eigenvalue weighted by Gasteiger charge is 2.35. The van der Waals surface area contributed by atoms with E-state index in [1.807, 2.05) is 0 Å². The summed E-state index contributed by atoms with van der Waals surface area (Å²) < 4.78 is 0. The van der Waals surface area contributed by atoms with Crippen molar-refractivity contribution in [2.75, 3.05) is 26.2 Å². The lowest BCUT2D eigenvalue weighted by atomic mass is 10.00.